The SMILES string of the molecule is COC(=O)c1cnn2cc(Br)nc2c1C(C)OC. The van der Waals surface area contributed by atoms with Crippen LogP contribution in [0.2, 0.25) is 0 Å². The van der Waals surface area contributed by atoms with Gasteiger partial charge in [-0.05, 0) is 22.9 Å². The number of hydrogen-bond acceptors (Lipinski definition) is 5. The lowest BCUT2D eigenvalue weighted by atomic mass is 10.1. The number of rotatable bonds is 3. The average Bonchev–Trinajstić information content (AvgIpc) is 2.75. The molecular weight excluding hydrogens is 302 g/mol. The Kier molecular flexibility index (Phi) is 3.63. The lowest BCUT2D eigenvalue weighted by Gasteiger charge is -2.14. The molecule has 2 aromatic rings. The van der Waals surface area contributed by atoms with Crippen molar-refractivity contribution in [1.82, 2.24) is 14.6 Å². The molecule has 6 nitrogen and oxygen atoms in total. The summed E-state index contributed by atoms with van der Waals surface area (Å²) >= 11 is 3.28. The first-order chi connectivity index (χ1) is 8.58. The van der Waals surface area contributed by atoms with Gasteiger partial charge in [0.25, 0.3) is 0 Å². The molecule has 0 saturated heterocycles. The molecule has 1 unspecified atom stereocenters. The first-order valence-electron chi connectivity index (χ1n) is 5.23. The fourth-order valence-corrected chi connectivity index (χ4v) is 2.08. The van der Waals surface area contributed by atoms with E-state index < -0.39 is 5.97 Å². The molecule has 0 saturated carbocycles. The van der Waals surface area contributed by atoms with Crippen molar-refractivity contribution in [3.8, 4) is 0 Å². The Balaban J connectivity index is 2.74. The third-order valence-corrected chi connectivity index (χ3v) is 3.05. The van der Waals surface area contributed by atoms with Crippen LogP contribution in [0.25, 0.3) is 5.65 Å². The average molecular weight is 314 g/mol. The van der Waals surface area contributed by atoms with Crippen LogP contribution in [0.15, 0.2) is 17.0 Å². The van der Waals surface area contributed by atoms with Crippen LogP contribution in [0.3, 0.4) is 0 Å². The van der Waals surface area contributed by atoms with Gasteiger partial charge in [0.05, 0.1) is 31.2 Å². The highest BCUT2D eigenvalue weighted by Crippen LogP contribution is 2.26. The summed E-state index contributed by atoms with van der Waals surface area (Å²) in [6.07, 6.45) is 2.87. The third-order valence-electron chi connectivity index (χ3n) is 2.67. The molecule has 0 spiro atoms. The van der Waals surface area contributed by atoms with Gasteiger partial charge in [-0.1, -0.05) is 0 Å². The second kappa shape index (κ2) is 5.03. The largest absolute Gasteiger partial charge is 0.465 e. The maximum Gasteiger partial charge on any atom is 0.340 e. The van der Waals surface area contributed by atoms with Crippen molar-refractivity contribution >= 4 is 27.5 Å². The topological polar surface area (TPSA) is 65.7 Å². The molecule has 0 aromatic carbocycles. The second-order valence-corrected chi connectivity index (χ2v) is 4.49. The van der Waals surface area contributed by atoms with Crippen LogP contribution in [0.5, 0.6) is 0 Å². The first-order valence-corrected chi connectivity index (χ1v) is 6.02. The van der Waals surface area contributed by atoms with Crippen LogP contribution in [-0.4, -0.2) is 34.8 Å². The van der Waals surface area contributed by atoms with Crippen molar-refractivity contribution in [2.24, 2.45) is 0 Å². The van der Waals surface area contributed by atoms with Crippen LogP contribution < -0.4 is 0 Å². The molecule has 0 fully saturated rings. The van der Waals surface area contributed by atoms with E-state index in [0.717, 1.165) is 0 Å². The smallest absolute Gasteiger partial charge is 0.340 e. The minimum atomic E-state index is -0.456. The zero-order valence-electron chi connectivity index (χ0n) is 10.2. The molecule has 0 amide bonds. The number of hydrogen-bond donors (Lipinski definition) is 0. The molecule has 2 aromatic heterocycles. The van der Waals surface area contributed by atoms with Crippen LogP contribution in [0.1, 0.15) is 28.9 Å². The number of imidazole rings is 1. The van der Waals surface area contributed by atoms with E-state index in [9.17, 15) is 4.79 Å². The molecule has 0 bridgehead atoms. The van der Waals surface area contributed by atoms with Gasteiger partial charge in [-0.15, -0.1) is 0 Å². The zero-order chi connectivity index (χ0) is 13.3. The van der Waals surface area contributed by atoms with Crippen LogP contribution in [0, 0.1) is 0 Å². The summed E-state index contributed by atoms with van der Waals surface area (Å²) in [4.78, 5) is 16.0. The molecule has 7 heteroatoms. The summed E-state index contributed by atoms with van der Waals surface area (Å²) in [5.74, 6) is -0.456. The number of aromatic nitrogens is 3. The molecule has 0 aliphatic rings. The van der Waals surface area contributed by atoms with Crippen LogP contribution in [0.4, 0.5) is 0 Å². The molecule has 1 atom stereocenters. The number of nitrogens with zero attached hydrogens (tertiary/aromatic N) is 3. The van der Waals surface area contributed by atoms with E-state index >= 15 is 0 Å². The van der Waals surface area contributed by atoms with Crippen molar-refractivity contribution < 1.29 is 14.3 Å². The highest BCUT2D eigenvalue weighted by molar-refractivity contribution is 9.10. The summed E-state index contributed by atoms with van der Waals surface area (Å²) in [6, 6.07) is 0. The number of fused-ring (bicyclic) bond motifs is 1. The molecule has 2 heterocycles. The number of carbonyl (C=O) groups is 1. The van der Waals surface area contributed by atoms with Gasteiger partial charge in [0.1, 0.15) is 4.60 Å². The van der Waals surface area contributed by atoms with Gasteiger partial charge in [-0.2, -0.15) is 5.10 Å². The highest BCUT2D eigenvalue weighted by atomic mass is 79.9. The lowest BCUT2D eigenvalue weighted by Crippen LogP contribution is -2.12. The molecule has 2 rings (SSSR count). The number of methoxy groups -OCH3 is 2. The Morgan fingerprint density at radius 1 is 1.50 bits per heavy atom. The van der Waals surface area contributed by atoms with Gasteiger partial charge in [0.2, 0.25) is 0 Å². The van der Waals surface area contributed by atoms with Crippen molar-refractivity contribution in [3.63, 3.8) is 0 Å². The van der Waals surface area contributed by atoms with Crippen LogP contribution >= 0.6 is 15.9 Å². The zero-order valence-corrected chi connectivity index (χ0v) is 11.8. The van der Waals surface area contributed by atoms with E-state index in [-0.39, 0.29) is 6.10 Å². The Hall–Kier alpha value is -1.47. The van der Waals surface area contributed by atoms with Crippen molar-refractivity contribution in [2.75, 3.05) is 14.2 Å². The molecule has 0 N–H and O–H groups in total. The number of halogens is 1. The molecule has 0 aliphatic carbocycles. The fraction of sp³-hybridized carbons (Fsp3) is 0.364. The summed E-state index contributed by atoms with van der Waals surface area (Å²) in [6.45, 7) is 1.84. The standard InChI is InChI=1S/C11H12BrN3O3/c1-6(17-2)9-7(11(16)18-3)4-13-15-5-8(12)14-10(9)15/h4-6H,1-3H3. The third kappa shape index (κ3) is 2.11. The number of ether oxygens (including phenoxy) is 2. The fourth-order valence-electron chi connectivity index (χ4n) is 1.72. The maximum absolute atomic E-state index is 11.7. The van der Waals surface area contributed by atoms with E-state index in [0.29, 0.717) is 21.4 Å². The number of carbonyl (C=O) groups excluding carboxylic acids is 1. The van der Waals surface area contributed by atoms with E-state index in [1.807, 2.05) is 6.92 Å². The van der Waals surface area contributed by atoms with Crippen molar-refractivity contribution in [1.29, 1.82) is 0 Å². The van der Waals surface area contributed by atoms with Gasteiger partial charge < -0.3 is 9.47 Å². The minimum Gasteiger partial charge on any atom is -0.465 e. The van der Waals surface area contributed by atoms with E-state index in [1.54, 1.807) is 17.8 Å². The quantitative estimate of drug-likeness (QED) is 0.811. The summed E-state index contributed by atoms with van der Waals surface area (Å²) in [7, 11) is 2.90. The first kappa shape index (κ1) is 13.0. The van der Waals surface area contributed by atoms with E-state index in [4.69, 9.17) is 9.47 Å². The monoisotopic (exact) mass is 313 g/mol. The van der Waals surface area contributed by atoms with E-state index in [2.05, 4.69) is 26.0 Å². The Bertz CT molecular complexity index is 596. The maximum atomic E-state index is 11.7. The van der Waals surface area contributed by atoms with Gasteiger partial charge >= 0.3 is 5.97 Å². The second-order valence-electron chi connectivity index (χ2n) is 3.67. The summed E-state index contributed by atoms with van der Waals surface area (Å²) < 4.78 is 12.3. The van der Waals surface area contributed by atoms with Gasteiger partial charge in [0, 0.05) is 12.7 Å². The van der Waals surface area contributed by atoms with E-state index in [1.165, 1.54) is 13.3 Å². The molecular formula is C11H12BrN3O3. The van der Waals surface area contributed by atoms with Gasteiger partial charge in [0.15, 0.2) is 5.65 Å². The van der Waals surface area contributed by atoms with Crippen molar-refractivity contribution in [3.05, 3.63) is 28.1 Å². The normalized spacial score (nSPS) is 12.7. The number of esters is 1. The van der Waals surface area contributed by atoms with Crippen LogP contribution in [-0.2, 0) is 9.47 Å². The Morgan fingerprint density at radius 2 is 2.22 bits per heavy atom. The van der Waals surface area contributed by atoms with Gasteiger partial charge in [-0.3, -0.25) is 0 Å². The highest BCUT2D eigenvalue weighted by Gasteiger charge is 2.22. The van der Waals surface area contributed by atoms with Gasteiger partial charge in [-0.25, -0.2) is 14.3 Å². The summed E-state index contributed by atoms with van der Waals surface area (Å²) in [5.41, 5.74) is 1.58. The molecule has 18 heavy (non-hydrogen) atoms. The Morgan fingerprint density at radius 3 is 2.83 bits per heavy atom. The van der Waals surface area contributed by atoms with Crippen molar-refractivity contribution in [2.45, 2.75) is 13.0 Å². The minimum absolute atomic E-state index is 0.293. The molecule has 96 valence electrons. The predicted octanol–water partition coefficient (Wildman–Crippen LogP) is 1.99. The Labute approximate surface area is 112 Å². The summed E-state index contributed by atoms with van der Waals surface area (Å²) in [5, 5.41) is 4.12. The molecule has 0 aliphatic heterocycles. The molecule has 0 radical (unpaired) electrons. The lowest BCUT2D eigenvalue weighted by molar-refractivity contribution is 0.0588. The predicted molar refractivity (Wildman–Crippen MR) is 67.5 cm³/mol.